The molecule has 0 atom stereocenters. The zero-order valence-electron chi connectivity index (χ0n) is 10.7. The highest BCUT2D eigenvalue weighted by Crippen LogP contribution is 2.21. The normalized spacial score (nSPS) is 11.5. The number of aliphatic hydroxyl groups is 1. The van der Waals surface area contributed by atoms with Crippen LogP contribution in [0.1, 0.15) is 10.4 Å². The van der Waals surface area contributed by atoms with Crippen LogP contribution in [0.5, 0.6) is 5.88 Å². The monoisotopic (exact) mass is 314 g/mol. The van der Waals surface area contributed by atoms with Gasteiger partial charge in [0.2, 0.25) is 15.9 Å². The number of aromatic nitrogens is 1. The molecule has 2 rings (SSSR count). The zero-order valence-corrected chi connectivity index (χ0v) is 12.4. The smallest absolute Gasteiger partial charge is 0.250 e. The van der Waals surface area contributed by atoms with Crippen molar-refractivity contribution in [2.24, 2.45) is 0 Å². The van der Waals surface area contributed by atoms with E-state index in [0.717, 1.165) is 16.9 Å². The first-order valence-electron chi connectivity index (χ1n) is 5.73. The molecule has 0 fully saturated rings. The molecule has 8 heteroatoms. The predicted molar refractivity (Wildman–Crippen MR) is 75.1 cm³/mol. The minimum atomic E-state index is -3.57. The van der Waals surface area contributed by atoms with Crippen molar-refractivity contribution >= 4 is 21.4 Å². The van der Waals surface area contributed by atoms with Crippen LogP contribution in [0.15, 0.2) is 34.7 Å². The van der Waals surface area contributed by atoms with Gasteiger partial charge in [-0.3, -0.25) is 0 Å². The number of pyridine rings is 1. The van der Waals surface area contributed by atoms with E-state index >= 15 is 0 Å². The highest BCUT2D eigenvalue weighted by molar-refractivity contribution is 7.91. The van der Waals surface area contributed by atoms with Gasteiger partial charge in [0.25, 0.3) is 0 Å². The maximum atomic E-state index is 12.1. The fraction of sp³-hybridized carbons (Fsp3) is 0.250. The number of rotatable bonds is 6. The molecule has 0 radical (unpaired) electrons. The van der Waals surface area contributed by atoms with E-state index in [2.05, 4.69) is 9.71 Å². The molecule has 0 aliphatic heterocycles. The Morgan fingerprint density at radius 2 is 2.20 bits per heavy atom. The van der Waals surface area contributed by atoms with E-state index in [1.807, 2.05) is 0 Å². The first-order chi connectivity index (χ1) is 9.55. The van der Waals surface area contributed by atoms with Crippen LogP contribution in [0.4, 0.5) is 0 Å². The van der Waals surface area contributed by atoms with Crippen molar-refractivity contribution in [3.63, 3.8) is 0 Å². The second-order valence-electron chi connectivity index (χ2n) is 3.91. The number of methoxy groups -OCH3 is 1. The summed E-state index contributed by atoms with van der Waals surface area (Å²) in [6, 6.07) is 6.44. The molecule has 108 valence electrons. The molecule has 20 heavy (non-hydrogen) atoms. The molecule has 0 aliphatic carbocycles. The van der Waals surface area contributed by atoms with Crippen molar-refractivity contribution in [3.8, 4) is 5.88 Å². The van der Waals surface area contributed by atoms with Gasteiger partial charge in [0, 0.05) is 23.7 Å². The lowest BCUT2D eigenvalue weighted by atomic mass is 10.3. The van der Waals surface area contributed by atoms with E-state index in [1.54, 1.807) is 24.4 Å². The Kier molecular flexibility index (Phi) is 4.71. The maximum Gasteiger partial charge on any atom is 0.250 e. The molecule has 0 bridgehead atoms. The van der Waals surface area contributed by atoms with E-state index in [9.17, 15) is 8.42 Å². The van der Waals surface area contributed by atoms with Crippen LogP contribution in [0.25, 0.3) is 0 Å². The Morgan fingerprint density at radius 1 is 1.40 bits per heavy atom. The summed E-state index contributed by atoms with van der Waals surface area (Å²) in [6.07, 6.45) is 1.55. The Hall–Kier alpha value is -1.48. The summed E-state index contributed by atoms with van der Waals surface area (Å²) in [5.41, 5.74) is 0.749. The van der Waals surface area contributed by atoms with E-state index in [1.165, 1.54) is 13.2 Å². The average Bonchev–Trinajstić information content (AvgIpc) is 2.95. The van der Waals surface area contributed by atoms with Crippen molar-refractivity contribution in [2.45, 2.75) is 17.4 Å². The van der Waals surface area contributed by atoms with E-state index in [4.69, 9.17) is 9.84 Å². The number of aliphatic hydroxyl groups excluding tert-OH is 1. The van der Waals surface area contributed by atoms with Crippen molar-refractivity contribution < 1.29 is 18.3 Å². The molecule has 2 aromatic heterocycles. The second kappa shape index (κ2) is 6.31. The highest BCUT2D eigenvalue weighted by Gasteiger charge is 2.16. The lowest BCUT2D eigenvalue weighted by Crippen LogP contribution is -2.22. The van der Waals surface area contributed by atoms with Crippen LogP contribution in [0.3, 0.4) is 0 Å². The third-order valence-corrected chi connectivity index (χ3v) is 5.50. The molecule has 0 saturated carbocycles. The van der Waals surface area contributed by atoms with Gasteiger partial charge >= 0.3 is 0 Å². The number of nitrogens with zero attached hydrogens (tertiary/aromatic N) is 1. The second-order valence-corrected chi connectivity index (χ2v) is 7.07. The number of ether oxygens (including phenoxy) is 1. The van der Waals surface area contributed by atoms with Crippen LogP contribution in [-0.2, 0) is 23.2 Å². The maximum absolute atomic E-state index is 12.1. The number of hydrogen-bond donors (Lipinski definition) is 2. The van der Waals surface area contributed by atoms with Gasteiger partial charge in [-0.25, -0.2) is 18.1 Å². The standard InChI is InChI=1S/C12H14N2O4S2/c1-18-11-6-9(4-5-13-11)7-14-20(16,17)12-3-2-10(8-15)19-12/h2-6,14-15H,7-8H2,1H3. The van der Waals surface area contributed by atoms with Crippen molar-refractivity contribution in [1.82, 2.24) is 9.71 Å². The Morgan fingerprint density at radius 3 is 2.85 bits per heavy atom. The first kappa shape index (κ1) is 14.9. The molecule has 2 aromatic rings. The number of hydrogen-bond acceptors (Lipinski definition) is 6. The summed E-state index contributed by atoms with van der Waals surface area (Å²) in [5.74, 6) is 0.431. The predicted octanol–water partition coefficient (Wildman–Crippen LogP) is 1.12. The molecule has 0 aliphatic rings. The quantitative estimate of drug-likeness (QED) is 0.834. The molecular weight excluding hydrogens is 300 g/mol. The molecule has 0 saturated heterocycles. The van der Waals surface area contributed by atoms with Crippen LogP contribution in [-0.4, -0.2) is 25.6 Å². The van der Waals surface area contributed by atoms with Gasteiger partial charge in [0.05, 0.1) is 13.7 Å². The van der Waals surface area contributed by atoms with Crippen LogP contribution in [0, 0.1) is 0 Å². The minimum absolute atomic E-state index is 0.146. The fourth-order valence-corrected chi connectivity index (χ4v) is 3.79. The molecule has 0 amide bonds. The summed E-state index contributed by atoms with van der Waals surface area (Å²) in [6.45, 7) is -0.0185. The number of thiophene rings is 1. The summed E-state index contributed by atoms with van der Waals surface area (Å²) in [5, 5.41) is 8.96. The van der Waals surface area contributed by atoms with Gasteiger partial charge in [0.15, 0.2) is 0 Å². The molecule has 2 N–H and O–H groups in total. The Balaban J connectivity index is 2.08. The van der Waals surface area contributed by atoms with Gasteiger partial charge < -0.3 is 9.84 Å². The largest absolute Gasteiger partial charge is 0.481 e. The van der Waals surface area contributed by atoms with Gasteiger partial charge in [-0.1, -0.05) is 0 Å². The topological polar surface area (TPSA) is 88.5 Å². The van der Waals surface area contributed by atoms with Crippen molar-refractivity contribution in [2.75, 3.05) is 7.11 Å². The summed E-state index contributed by atoms with van der Waals surface area (Å²) < 4.78 is 31.8. The molecule has 0 spiro atoms. The van der Waals surface area contributed by atoms with E-state index in [-0.39, 0.29) is 17.4 Å². The fourth-order valence-electron chi connectivity index (χ4n) is 1.51. The van der Waals surface area contributed by atoms with E-state index in [0.29, 0.717) is 10.8 Å². The minimum Gasteiger partial charge on any atom is -0.481 e. The highest BCUT2D eigenvalue weighted by atomic mass is 32.2. The molecule has 2 heterocycles. The number of nitrogens with one attached hydrogen (secondary N) is 1. The van der Waals surface area contributed by atoms with Gasteiger partial charge in [-0.15, -0.1) is 11.3 Å². The van der Waals surface area contributed by atoms with Crippen molar-refractivity contribution in [1.29, 1.82) is 0 Å². The van der Waals surface area contributed by atoms with Crippen molar-refractivity contribution in [3.05, 3.63) is 40.9 Å². The Bertz CT molecular complexity index is 682. The molecule has 0 aromatic carbocycles. The van der Waals surface area contributed by atoms with Crippen LogP contribution < -0.4 is 9.46 Å². The summed E-state index contributed by atoms with van der Waals surface area (Å²) in [7, 11) is -2.07. The summed E-state index contributed by atoms with van der Waals surface area (Å²) >= 11 is 1.05. The zero-order chi connectivity index (χ0) is 14.6. The third-order valence-electron chi connectivity index (χ3n) is 2.53. The third kappa shape index (κ3) is 3.54. The Labute approximate surface area is 121 Å². The molecule has 0 unspecified atom stereocenters. The SMILES string of the molecule is COc1cc(CNS(=O)(=O)c2ccc(CO)s2)ccn1. The van der Waals surface area contributed by atoms with Gasteiger partial charge in [0.1, 0.15) is 4.21 Å². The van der Waals surface area contributed by atoms with Gasteiger partial charge in [-0.05, 0) is 23.8 Å². The van der Waals surface area contributed by atoms with Crippen LogP contribution in [0.2, 0.25) is 0 Å². The molecule has 6 nitrogen and oxygen atoms in total. The van der Waals surface area contributed by atoms with Crippen LogP contribution >= 0.6 is 11.3 Å². The van der Waals surface area contributed by atoms with E-state index < -0.39 is 10.0 Å². The lowest BCUT2D eigenvalue weighted by Gasteiger charge is -2.06. The van der Waals surface area contributed by atoms with Gasteiger partial charge in [-0.2, -0.15) is 0 Å². The average molecular weight is 314 g/mol. The molecular formula is C12H14N2O4S2. The lowest BCUT2D eigenvalue weighted by molar-refractivity contribution is 0.285. The summed E-state index contributed by atoms with van der Waals surface area (Å²) in [4.78, 5) is 4.56. The number of sulfonamides is 1. The first-order valence-corrected chi connectivity index (χ1v) is 8.03.